The molecule has 4 rings (SSSR count). The zero-order chi connectivity index (χ0) is 21.1. The highest BCUT2D eigenvalue weighted by molar-refractivity contribution is 6.06. The number of carbonyl (C=O) groups is 2. The third-order valence-corrected chi connectivity index (χ3v) is 5.67. The van der Waals surface area contributed by atoms with Gasteiger partial charge >= 0.3 is 11.9 Å². The molecule has 2 aromatic carbocycles. The van der Waals surface area contributed by atoms with Crippen molar-refractivity contribution in [1.29, 1.82) is 0 Å². The summed E-state index contributed by atoms with van der Waals surface area (Å²) in [5.74, 6) is -0.201. The molecule has 2 atom stereocenters. The monoisotopic (exact) mass is 388 g/mol. The average Bonchev–Trinajstić information content (AvgIpc) is 2.91. The number of esters is 2. The number of rotatable bonds is 4. The maximum absolute atomic E-state index is 12.2. The molecule has 0 N–H and O–H groups in total. The lowest BCUT2D eigenvalue weighted by molar-refractivity contribution is -0.148. The Balaban J connectivity index is 1.81. The quantitative estimate of drug-likeness (QED) is 0.407. The van der Waals surface area contributed by atoms with Gasteiger partial charge in [-0.2, -0.15) is 0 Å². The number of hydrogen-bond donors (Lipinski definition) is 0. The van der Waals surface area contributed by atoms with Crippen molar-refractivity contribution in [3.05, 3.63) is 71.3 Å². The molecule has 4 heteroatoms. The van der Waals surface area contributed by atoms with E-state index in [2.05, 4.69) is 32.2 Å². The van der Waals surface area contributed by atoms with Crippen molar-refractivity contribution in [3.63, 3.8) is 0 Å². The minimum Gasteiger partial charge on any atom is -0.451 e. The summed E-state index contributed by atoms with van der Waals surface area (Å²) >= 11 is 0. The SMILES string of the molecule is C=C(C)C(=O)Oc1cc2c3c4c(ccc3c1)CC(C)(OC(=O)C(=C)C)C=C4C2C. The van der Waals surface area contributed by atoms with Crippen LogP contribution in [0.15, 0.2) is 54.6 Å². The molecule has 2 aromatic rings. The van der Waals surface area contributed by atoms with Crippen LogP contribution in [0, 0.1) is 0 Å². The van der Waals surface area contributed by atoms with Crippen molar-refractivity contribution in [1.82, 2.24) is 0 Å². The molecule has 29 heavy (non-hydrogen) atoms. The second kappa shape index (κ2) is 6.45. The molecule has 0 saturated carbocycles. The van der Waals surface area contributed by atoms with Crippen LogP contribution in [-0.4, -0.2) is 17.5 Å². The predicted octanol–water partition coefficient (Wildman–Crippen LogP) is 5.26. The van der Waals surface area contributed by atoms with Gasteiger partial charge in [0.15, 0.2) is 0 Å². The van der Waals surface area contributed by atoms with Crippen LogP contribution < -0.4 is 4.74 Å². The molecule has 0 saturated heterocycles. The predicted molar refractivity (Wildman–Crippen MR) is 114 cm³/mol. The molecular formula is C25H24O4. The Hall–Kier alpha value is -3.14. The maximum atomic E-state index is 12.2. The second-order valence-electron chi connectivity index (χ2n) is 8.36. The van der Waals surface area contributed by atoms with Crippen LogP contribution in [0.5, 0.6) is 5.75 Å². The lowest BCUT2D eigenvalue weighted by Gasteiger charge is -2.33. The molecule has 0 aromatic heterocycles. The Labute approximate surface area is 170 Å². The van der Waals surface area contributed by atoms with Gasteiger partial charge in [0.05, 0.1) is 0 Å². The van der Waals surface area contributed by atoms with E-state index in [1.54, 1.807) is 13.8 Å². The zero-order valence-corrected chi connectivity index (χ0v) is 17.2. The van der Waals surface area contributed by atoms with Crippen LogP contribution in [-0.2, 0) is 20.7 Å². The van der Waals surface area contributed by atoms with Gasteiger partial charge in [-0.1, -0.05) is 32.2 Å². The Morgan fingerprint density at radius 1 is 1.10 bits per heavy atom. The van der Waals surface area contributed by atoms with E-state index >= 15 is 0 Å². The van der Waals surface area contributed by atoms with Gasteiger partial charge < -0.3 is 9.47 Å². The molecule has 2 aliphatic carbocycles. The Morgan fingerprint density at radius 2 is 1.79 bits per heavy atom. The zero-order valence-electron chi connectivity index (χ0n) is 17.2. The molecule has 4 nitrogen and oxygen atoms in total. The Kier molecular flexibility index (Phi) is 4.26. The number of allylic oxidation sites excluding steroid dienone is 1. The summed E-state index contributed by atoms with van der Waals surface area (Å²) in [6, 6.07) is 7.94. The summed E-state index contributed by atoms with van der Waals surface area (Å²) in [5.41, 5.74) is 4.66. The van der Waals surface area contributed by atoms with E-state index in [4.69, 9.17) is 9.47 Å². The van der Waals surface area contributed by atoms with E-state index in [0.717, 1.165) is 22.1 Å². The average molecular weight is 388 g/mol. The van der Waals surface area contributed by atoms with Crippen molar-refractivity contribution in [2.75, 3.05) is 0 Å². The minimum absolute atomic E-state index is 0.0975. The summed E-state index contributed by atoms with van der Waals surface area (Å²) in [4.78, 5) is 24.2. The van der Waals surface area contributed by atoms with Crippen LogP contribution in [0.3, 0.4) is 0 Å². The summed E-state index contributed by atoms with van der Waals surface area (Å²) in [5, 5.41) is 2.22. The van der Waals surface area contributed by atoms with Gasteiger partial charge in [-0.15, -0.1) is 0 Å². The summed E-state index contributed by atoms with van der Waals surface area (Å²) in [6.45, 7) is 14.7. The molecule has 0 aliphatic heterocycles. The first-order valence-electron chi connectivity index (χ1n) is 9.69. The van der Waals surface area contributed by atoms with E-state index in [-0.39, 0.29) is 11.9 Å². The third-order valence-electron chi connectivity index (χ3n) is 5.67. The van der Waals surface area contributed by atoms with Crippen LogP contribution in [0.25, 0.3) is 16.3 Å². The van der Waals surface area contributed by atoms with Gasteiger partial charge in [0, 0.05) is 23.5 Å². The Morgan fingerprint density at radius 3 is 2.45 bits per heavy atom. The highest BCUT2D eigenvalue weighted by atomic mass is 16.6. The smallest absolute Gasteiger partial charge is 0.338 e. The lowest BCUT2D eigenvalue weighted by atomic mass is 9.81. The first kappa shape index (κ1) is 19.2. The van der Waals surface area contributed by atoms with Gasteiger partial charge in [0.2, 0.25) is 0 Å². The van der Waals surface area contributed by atoms with E-state index in [1.807, 2.05) is 25.1 Å². The van der Waals surface area contributed by atoms with Gasteiger partial charge in [-0.05, 0) is 72.0 Å². The fourth-order valence-corrected chi connectivity index (χ4v) is 4.29. The normalized spacial score (nSPS) is 21.5. The molecule has 0 fully saturated rings. The number of ether oxygens (including phenoxy) is 2. The van der Waals surface area contributed by atoms with E-state index in [9.17, 15) is 9.59 Å². The lowest BCUT2D eigenvalue weighted by Crippen LogP contribution is -2.35. The molecule has 0 spiro atoms. The molecular weight excluding hydrogens is 364 g/mol. The molecule has 2 unspecified atom stereocenters. The largest absolute Gasteiger partial charge is 0.451 e. The standard InChI is InChI=1S/C25H24O4/c1-13(2)23(26)28-18-9-16-7-8-17-11-25(6,29-24(27)14(3)4)12-20-15(5)19(10-18)21(16)22(17)20/h7-10,12,15H,1,3,11H2,2,4-6H3. The van der Waals surface area contributed by atoms with Crippen LogP contribution in [0.1, 0.15) is 50.3 Å². The fraction of sp³-hybridized carbons (Fsp3) is 0.280. The molecule has 2 aliphatic rings. The highest BCUT2D eigenvalue weighted by Gasteiger charge is 2.39. The molecule has 0 amide bonds. The van der Waals surface area contributed by atoms with Gasteiger partial charge in [-0.3, -0.25) is 0 Å². The number of benzene rings is 2. The van der Waals surface area contributed by atoms with Gasteiger partial charge in [0.25, 0.3) is 0 Å². The van der Waals surface area contributed by atoms with Crippen LogP contribution >= 0.6 is 0 Å². The first-order valence-corrected chi connectivity index (χ1v) is 9.69. The number of hydrogen-bond acceptors (Lipinski definition) is 4. The summed E-state index contributed by atoms with van der Waals surface area (Å²) < 4.78 is 11.3. The van der Waals surface area contributed by atoms with Crippen molar-refractivity contribution in [2.24, 2.45) is 0 Å². The minimum atomic E-state index is -0.725. The highest BCUT2D eigenvalue weighted by Crippen LogP contribution is 2.52. The fourth-order valence-electron chi connectivity index (χ4n) is 4.29. The van der Waals surface area contributed by atoms with E-state index < -0.39 is 11.6 Å². The summed E-state index contributed by atoms with van der Waals surface area (Å²) in [7, 11) is 0. The molecule has 0 heterocycles. The molecule has 148 valence electrons. The van der Waals surface area contributed by atoms with Crippen LogP contribution in [0.4, 0.5) is 0 Å². The molecule has 0 bridgehead atoms. The van der Waals surface area contributed by atoms with Gasteiger partial charge in [-0.25, -0.2) is 9.59 Å². The first-order chi connectivity index (χ1) is 13.6. The maximum Gasteiger partial charge on any atom is 0.338 e. The van der Waals surface area contributed by atoms with Crippen molar-refractivity contribution in [2.45, 2.75) is 45.6 Å². The van der Waals surface area contributed by atoms with Crippen molar-refractivity contribution < 1.29 is 19.1 Å². The van der Waals surface area contributed by atoms with E-state index in [1.165, 1.54) is 10.9 Å². The Bertz CT molecular complexity index is 1150. The van der Waals surface area contributed by atoms with E-state index in [0.29, 0.717) is 23.3 Å². The van der Waals surface area contributed by atoms with Crippen molar-refractivity contribution >= 4 is 28.3 Å². The van der Waals surface area contributed by atoms with Gasteiger partial charge in [0.1, 0.15) is 11.4 Å². The topological polar surface area (TPSA) is 52.6 Å². The molecule has 0 radical (unpaired) electrons. The van der Waals surface area contributed by atoms with Crippen LogP contribution in [0.2, 0.25) is 0 Å². The second-order valence-corrected chi connectivity index (χ2v) is 8.36. The van der Waals surface area contributed by atoms with Crippen molar-refractivity contribution in [3.8, 4) is 5.75 Å². The third kappa shape index (κ3) is 3.09. The summed E-state index contributed by atoms with van der Waals surface area (Å²) in [6.07, 6.45) is 2.68. The number of carbonyl (C=O) groups excluding carboxylic acids is 2.